The zero-order chi connectivity index (χ0) is 16.7. The van der Waals surface area contributed by atoms with Crippen LogP contribution >= 0.6 is 0 Å². The lowest BCUT2D eigenvalue weighted by atomic mass is 10.1. The molecule has 0 aliphatic heterocycles. The number of aryl methyl sites for hydroxylation is 1. The summed E-state index contributed by atoms with van der Waals surface area (Å²) in [5, 5.41) is 6.26. The molecule has 0 aromatic heterocycles. The smallest absolute Gasteiger partial charge is 0.329 e. The molecule has 2 aromatic carbocycles. The van der Waals surface area contributed by atoms with Crippen LogP contribution in [-0.2, 0) is 9.59 Å². The SMILES string of the molecule is COc1ccc(NC(=O)C(=O)N/N=C\c2ccccc2C)cc1. The molecule has 2 amide bonds. The predicted molar refractivity (Wildman–Crippen MR) is 88.5 cm³/mol. The number of hydrogen-bond acceptors (Lipinski definition) is 4. The fourth-order valence-electron chi connectivity index (χ4n) is 1.81. The Morgan fingerprint density at radius 1 is 1.04 bits per heavy atom. The molecule has 0 bridgehead atoms. The highest BCUT2D eigenvalue weighted by molar-refractivity contribution is 6.39. The van der Waals surface area contributed by atoms with Crippen molar-refractivity contribution in [3.8, 4) is 5.75 Å². The fraction of sp³-hybridized carbons (Fsp3) is 0.118. The molecular weight excluding hydrogens is 294 g/mol. The number of amides is 2. The van der Waals surface area contributed by atoms with Gasteiger partial charge in [0.15, 0.2) is 0 Å². The lowest BCUT2D eigenvalue weighted by Gasteiger charge is -2.05. The second-order valence-corrected chi connectivity index (χ2v) is 4.74. The molecule has 0 spiro atoms. The third-order valence-corrected chi connectivity index (χ3v) is 3.11. The van der Waals surface area contributed by atoms with Crippen molar-refractivity contribution in [2.75, 3.05) is 12.4 Å². The van der Waals surface area contributed by atoms with Crippen LogP contribution in [0, 0.1) is 6.92 Å². The van der Waals surface area contributed by atoms with Crippen LogP contribution in [0.1, 0.15) is 11.1 Å². The Morgan fingerprint density at radius 3 is 2.39 bits per heavy atom. The minimum Gasteiger partial charge on any atom is -0.497 e. The van der Waals surface area contributed by atoms with Crippen LogP contribution in [0.15, 0.2) is 53.6 Å². The first-order valence-electron chi connectivity index (χ1n) is 6.94. The Balaban J connectivity index is 1.89. The second kappa shape index (κ2) is 7.74. The Morgan fingerprint density at radius 2 is 1.74 bits per heavy atom. The van der Waals surface area contributed by atoms with Gasteiger partial charge in [0.25, 0.3) is 0 Å². The van der Waals surface area contributed by atoms with E-state index in [4.69, 9.17) is 4.74 Å². The van der Waals surface area contributed by atoms with Crippen LogP contribution in [-0.4, -0.2) is 25.1 Å². The van der Waals surface area contributed by atoms with Gasteiger partial charge in [-0.05, 0) is 42.3 Å². The number of hydrogen-bond donors (Lipinski definition) is 2. The third kappa shape index (κ3) is 4.67. The molecular formula is C17H17N3O3. The molecule has 23 heavy (non-hydrogen) atoms. The Labute approximate surface area is 134 Å². The van der Waals surface area contributed by atoms with E-state index < -0.39 is 11.8 Å². The topological polar surface area (TPSA) is 79.8 Å². The number of anilines is 1. The molecule has 0 atom stereocenters. The van der Waals surface area contributed by atoms with Gasteiger partial charge in [-0.1, -0.05) is 24.3 Å². The molecule has 2 N–H and O–H groups in total. The van der Waals surface area contributed by atoms with Crippen molar-refractivity contribution >= 4 is 23.7 Å². The van der Waals surface area contributed by atoms with Crippen molar-refractivity contribution in [1.82, 2.24) is 5.43 Å². The normalized spacial score (nSPS) is 10.3. The molecule has 2 rings (SSSR count). The van der Waals surface area contributed by atoms with Gasteiger partial charge in [-0.3, -0.25) is 9.59 Å². The monoisotopic (exact) mass is 311 g/mol. The molecule has 0 radical (unpaired) electrons. The van der Waals surface area contributed by atoms with Crippen molar-refractivity contribution in [2.45, 2.75) is 6.92 Å². The van der Waals surface area contributed by atoms with Gasteiger partial charge in [0.05, 0.1) is 13.3 Å². The lowest BCUT2D eigenvalue weighted by molar-refractivity contribution is -0.136. The number of carbonyl (C=O) groups is 2. The highest BCUT2D eigenvalue weighted by atomic mass is 16.5. The number of carbonyl (C=O) groups excluding carboxylic acids is 2. The zero-order valence-corrected chi connectivity index (χ0v) is 12.9. The number of rotatable bonds is 4. The van der Waals surface area contributed by atoms with Crippen LogP contribution < -0.4 is 15.5 Å². The minimum absolute atomic E-state index is 0.494. The van der Waals surface area contributed by atoms with Gasteiger partial charge in [-0.2, -0.15) is 5.10 Å². The number of hydrazone groups is 1. The maximum Gasteiger partial charge on any atom is 0.329 e. The van der Waals surface area contributed by atoms with E-state index in [2.05, 4.69) is 15.8 Å². The first-order chi connectivity index (χ1) is 11.1. The van der Waals surface area contributed by atoms with Gasteiger partial charge in [0.1, 0.15) is 5.75 Å². The molecule has 0 fully saturated rings. The molecule has 118 valence electrons. The van der Waals surface area contributed by atoms with E-state index in [0.29, 0.717) is 11.4 Å². The molecule has 0 saturated heterocycles. The van der Waals surface area contributed by atoms with Crippen LogP contribution in [0.3, 0.4) is 0 Å². The maximum absolute atomic E-state index is 11.7. The molecule has 6 nitrogen and oxygen atoms in total. The van der Waals surface area contributed by atoms with Gasteiger partial charge in [0.2, 0.25) is 0 Å². The van der Waals surface area contributed by atoms with Gasteiger partial charge in [-0.15, -0.1) is 0 Å². The molecule has 0 heterocycles. The third-order valence-electron chi connectivity index (χ3n) is 3.11. The van der Waals surface area contributed by atoms with E-state index in [9.17, 15) is 9.59 Å². The maximum atomic E-state index is 11.7. The van der Waals surface area contributed by atoms with Crippen LogP contribution in [0.4, 0.5) is 5.69 Å². The number of nitrogens with one attached hydrogen (secondary N) is 2. The summed E-state index contributed by atoms with van der Waals surface area (Å²) in [5.41, 5.74) is 4.57. The van der Waals surface area contributed by atoms with Gasteiger partial charge < -0.3 is 10.1 Å². The van der Waals surface area contributed by atoms with Crippen LogP contribution in [0.25, 0.3) is 0 Å². The van der Waals surface area contributed by atoms with E-state index in [1.165, 1.54) is 6.21 Å². The van der Waals surface area contributed by atoms with E-state index in [1.807, 2.05) is 31.2 Å². The molecule has 6 heteroatoms. The first-order valence-corrected chi connectivity index (χ1v) is 6.94. The molecule has 0 unspecified atom stereocenters. The highest BCUT2D eigenvalue weighted by Gasteiger charge is 2.12. The quantitative estimate of drug-likeness (QED) is 0.515. The summed E-state index contributed by atoms with van der Waals surface area (Å²) in [7, 11) is 1.55. The number of benzene rings is 2. The Bertz CT molecular complexity index is 724. The number of ether oxygens (including phenoxy) is 1. The van der Waals surface area contributed by atoms with Gasteiger partial charge >= 0.3 is 11.8 Å². The average molecular weight is 311 g/mol. The van der Waals surface area contributed by atoms with Gasteiger partial charge in [0, 0.05) is 5.69 Å². The summed E-state index contributed by atoms with van der Waals surface area (Å²) in [4.78, 5) is 23.4. The summed E-state index contributed by atoms with van der Waals surface area (Å²) in [6.07, 6.45) is 1.49. The summed E-state index contributed by atoms with van der Waals surface area (Å²) in [5.74, 6) is -0.974. The van der Waals surface area contributed by atoms with Crippen molar-refractivity contribution in [3.63, 3.8) is 0 Å². The van der Waals surface area contributed by atoms with E-state index in [-0.39, 0.29) is 0 Å². The van der Waals surface area contributed by atoms with E-state index >= 15 is 0 Å². The minimum atomic E-state index is -0.842. The summed E-state index contributed by atoms with van der Waals surface area (Å²) < 4.78 is 5.02. The zero-order valence-electron chi connectivity index (χ0n) is 12.9. The van der Waals surface area contributed by atoms with Crippen LogP contribution in [0.5, 0.6) is 5.75 Å². The van der Waals surface area contributed by atoms with E-state index in [1.54, 1.807) is 31.4 Å². The Kier molecular flexibility index (Phi) is 5.46. The summed E-state index contributed by atoms with van der Waals surface area (Å²) in [6.45, 7) is 1.93. The fourth-order valence-corrected chi connectivity index (χ4v) is 1.81. The predicted octanol–water partition coefficient (Wildman–Crippen LogP) is 2.09. The molecule has 2 aromatic rings. The lowest BCUT2D eigenvalue weighted by Crippen LogP contribution is -2.32. The first kappa shape index (κ1) is 16.2. The Hall–Kier alpha value is -3.15. The molecule has 0 aliphatic rings. The van der Waals surface area contributed by atoms with Crippen molar-refractivity contribution < 1.29 is 14.3 Å². The highest BCUT2D eigenvalue weighted by Crippen LogP contribution is 2.14. The number of methoxy groups -OCH3 is 1. The van der Waals surface area contributed by atoms with Gasteiger partial charge in [-0.25, -0.2) is 5.43 Å². The van der Waals surface area contributed by atoms with E-state index in [0.717, 1.165) is 11.1 Å². The second-order valence-electron chi connectivity index (χ2n) is 4.74. The largest absolute Gasteiger partial charge is 0.497 e. The molecule has 0 saturated carbocycles. The summed E-state index contributed by atoms with van der Waals surface area (Å²) in [6, 6.07) is 14.2. The van der Waals surface area contributed by atoms with Crippen molar-refractivity contribution in [2.24, 2.45) is 5.10 Å². The molecule has 0 aliphatic carbocycles. The standard InChI is InChI=1S/C17H17N3O3/c1-12-5-3-4-6-13(12)11-18-20-17(22)16(21)19-14-7-9-15(23-2)10-8-14/h3-11H,1-2H3,(H,19,21)(H,20,22)/b18-11-. The van der Waals surface area contributed by atoms with Crippen molar-refractivity contribution in [3.05, 3.63) is 59.7 Å². The van der Waals surface area contributed by atoms with Crippen molar-refractivity contribution in [1.29, 1.82) is 0 Å². The van der Waals surface area contributed by atoms with Crippen LogP contribution in [0.2, 0.25) is 0 Å². The summed E-state index contributed by atoms with van der Waals surface area (Å²) >= 11 is 0. The number of nitrogens with zero attached hydrogens (tertiary/aromatic N) is 1. The average Bonchev–Trinajstić information content (AvgIpc) is 2.57.